The van der Waals surface area contributed by atoms with Gasteiger partial charge < -0.3 is 14.4 Å². The lowest BCUT2D eigenvalue weighted by Crippen LogP contribution is -2.60. The highest BCUT2D eigenvalue weighted by Crippen LogP contribution is 2.60. The molecule has 0 bridgehead atoms. The molecule has 3 atom stereocenters. The predicted octanol–water partition coefficient (Wildman–Crippen LogP) is 3.75. The molecule has 4 heterocycles. The van der Waals surface area contributed by atoms with E-state index in [9.17, 15) is 9.90 Å². The van der Waals surface area contributed by atoms with Gasteiger partial charge in [-0.1, -0.05) is 25.1 Å². The van der Waals surface area contributed by atoms with E-state index >= 15 is 0 Å². The van der Waals surface area contributed by atoms with E-state index in [0.717, 1.165) is 50.0 Å². The molecule has 0 aliphatic carbocycles. The van der Waals surface area contributed by atoms with Gasteiger partial charge in [0, 0.05) is 24.0 Å². The van der Waals surface area contributed by atoms with Crippen molar-refractivity contribution in [3.8, 4) is 0 Å². The van der Waals surface area contributed by atoms with Gasteiger partial charge in [0.25, 0.3) is 0 Å². The van der Waals surface area contributed by atoms with E-state index in [0.29, 0.717) is 6.42 Å². The van der Waals surface area contributed by atoms with Crippen LogP contribution in [0.5, 0.6) is 0 Å². The SMILES string of the molecule is C=C.CC[C@]12CCCN3CCc4c(n(c5ccccc45)[C@@](O)(C(=O)OC)C1)[C@@H]32. The summed E-state index contributed by atoms with van der Waals surface area (Å²) in [5.74, 6) is -0.546. The van der Waals surface area contributed by atoms with E-state index < -0.39 is 11.7 Å². The van der Waals surface area contributed by atoms with Crippen LogP contribution in [0.3, 0.4) is 0 Å². The summed E-state index contributed by atoms with van der Waals surface area (Å²) >= 11 is 0. The molecule has 0 spiro atoms. The van der Waals surface area contributed by atoms with E-state index in [4.69, 9.17) is 4.74 Å². The Bertz CT molecular complexity index is 920. The Hall–Kier alpha value is -2.11. The monoisotopic (exact) mass is 382 g/mol. The third-order valence-corrected chi connectivity index (χ3v) is 7.18. The Morgan fingerprint density at radius 3 is 2.79 bits per heavy atom. The van der Waals surface area contributed by atoms with Crippen molar-refractivity contribution >= 4 is 16.9 Å². The number of fused-ring (bicyclic) bond motifs is 3. The fourth-order valence-corrected chi connectivity index (χ4v) is 6.10. The second kappa shape index (κ2) is 6.75. The lowest BCUT2D eigenvalue weighted by atomic mass is 9.62. The minimum absolute atomic E-state index is 0.0826. The summed E-state index contributed by atoms with van der Waals surface area (Å²) in [6, 6.07) is 8.45. The number of nitrogens with zero attached hydrogens (tertiary/aromatic N) is 2. The molecule has 28 heavy (non-hydrogen) atoms. The van der Waals surface area contributed by atoms with Gasteiger partial charge in [0.15, 0.2) is 0 Å². The number of carbonyl (C=O) groups excluding carboxylic acids is 1. The molecule has 1 aromatic heterocycles. The van der Waals surface area contributed by atoms with Crippen molar-refractivity contribution in [3.05, 3.63) is 48.7 Å². The normalized spacial score (nSPS) is 30.9. The first-order valence-corrected chi connectivity index (χ1v) is 10.2. The smallest absolute Gasteiger partial charge is 0.359 e. The quantitative estimate of drug-likeness (QED) is 0.635. The van der Waals surface area contributed by atoms with Gasteiger partial charge in [-0.15, -0.1) is 13.2 Å². The van der Waals surface area contributed by atoms with Crippen LogP contribution in [0.1, 0.15) is 49.9 Å². The van der Waals surface area contributed by atoms with Gasteiger partial charge in [0.1, 0.15) is 0 Å². The minimum atomic E-state index is -1.63. The highest BCUT2D eigenvalue weighted by Gasteiger charge is 2.60. The summed E-state index contributed by atoms with van der Waals surface area (Å²) in [6.07, 6.45) is 4.52. The second-order valence-electron chi connectivity index (χ2n) is 8.21. The van der Waals surface area contributed by atoms with Crippen molar-refractivity contribution in [3.63, 3.8) is 0 Å². The Labute approximate surface area is 166 Å². The summed E-state index contributed by atoms with van der Waals surface area (Å²) < 4.78 is 7.01. The Morgan fingerprint density at radius 2 is 2.07 bits per heavy atom. The van der Waals surface area contributed by atoms with Crippen molar-refractivity contribution in [1.82, 2.24) is 9.47 Å². The molecule has 0 amide bonds. The molecule has 2 aromatic rings. The summed E-state index contributed by atoms with van der Waals surface area (Å²) in [6.45, 7) is 10.4. The van der Waals surface area contributed by atoms with Gasteiger partial charge in [-0.25, -0.2) is 4.79 Å². The van der Waals surface area contributed by atoms with Crippen LogP contribution in [0.15, 0.2) is 37.4 Å². The molecular formula is C23H30N2O3. The molecule has 5 rings (SSSR count). The van der Waals surface area contributed by atoms with Gasteiger partial charge in [-0.2, -0.15) is 0 Å². The minimum Gasteiger partial charge on any atom is -0.465 e. The molecule has 3 aliphatic rings. The number of hydrogen-bond acceptors (Lipinski definition) is 4. The van der Waals surface area contributed by atoms with Crippen LogP contribution < -0.4 is 0 Å². The number of benzene rings is 1. The zero-order valence-corrected chi connectivity index (χ0v) is 16.9. The topological polar surface area (TPSA) is 54.7 Å². The Balaban J connectivity index is 0.000000932. The molecule has 0 unspecified atom stereocenters. The number of carbonyl (C=O) groups is 1. The van der Waals surface area contributed by atoms with Crippen LogP contribution >= 0.6 is 0 Å². The summed E-state index contributed by atoms with van der Waals surface area (Å²) in [7, 11) is 1.37. The predicted molar refractivity (Wildman–Crippen MR) is 110 cm³/mol. The van der Waals surface area contributed by atoms with Crippen molar-refractivity contribution in [2.24, 2.45) is 5.41 Å². The number of aliphatic hydroxyl groups is 1. The molecule has 1 aromatic carbocycles. The second-order valence-corrected chi connectivity index (χ2v) is 8.21. The molecule has 5 nitrogen and oxygen atoms in total. The van der Waals surface area contributed by atoms with E-state index in [1.165, 1.54) is 18.1 Å². The van der Waals surface area contributed by atoms with E-state index in [1.807, 2.05) is 22.8 Å². The molecule has 0 saturated carbocycles. The van der Waals surface area contributed by atoms with Crippen molar-refractivity contribution < 1.29 is 14.6 Å². The maximum absolute atomic E-state index is 12.8. The standard InChI is InChI=1S/C21H26N2O3.C2H4/c1-3-20-10-6-11-22-12-9-15-14-7-4-5-8-16(14)23(17(15)18(20)22)21(25,13-20)19(24)26-2;1-2/h4-5,7-8,18,25H,3,6,9-13H2,1-2H3;1-2H2/t18-,20+,21+;/m1./s1. The van der Waals surface area contributed by atoms with E-state index in [2.05, 4.69) is 31.0 Å². The molecular weight excluding hydrogens is 352 g/mol. The third-order valence-electron chi connectivity index (χ3n) is 7.18. The molecule has 1 N–H and O–H groups in total. The van der Waals surface area contributed by atoms with Gasteiger partial charge in [0.2, 0.25) is 5.72 Å². The van der Waals surface area contributed by atoms with Crippen LogP contribution in [-0.4, -0.2) is 40.7 Å². The van der Waals surface area contributed by atoms with Gasteiger partial charge in [-0.3, -0.25) is 4.90 Å². The largest absolute Gasteiger partial charge is 0.465 e. The molecule has 3 aliphatic heterocycles. The molecule has 5 heteroatoms. The first kappa shape index (κ1) is 19.2. The number of aromatic nitrogens is 1. The van der Waals surface area contributed by atoms with Gasteiger partial charge in [-0.05, 0) is 49.3 Å². The molecule has 1 saturated heterocycles. The molecule has 0 radical (unpaired) electrons. The Kier molecular flexibility index (Phi) is 4.63. The highest BCUT2D eigenvalue weighted by molar-refractivity contribution is 5.90. The number of ether oxygens (including phenoxy) is 1. The third kappa shape index (κ3) is 2.29. The maximum atomic E-state index is 12.8. The highest BCUT2D eigenvalue weighted by atomic mass is 16.5. The van der Waals surface area contributed by atoms with Crippen LogP contribution in [0.2, 0.25) is 0 Å². The van der Waals surface area contributed by atoms with Crippen LogP contribution in [-0.2, 0) is 21.7 Å². The summed E-state index contributed by atoms with van der Waals surface area (Å²) in [5, 5.41) is 12.9. The first-order chi connectivity index (χ1) is 13.6. The fourth-order valence-electron chi connectivity index (χ4n) is 6.10. The Morgan fingerprint density at radius 1 is 1.32 bits per heavy atom. The van der Waals surface area contributed by atoms with Gasteiger partial charge >= 0.3 is 5.97 Å². The van der Waals surface area contributed by atoms with Crippen molar-refractivity contribution in [1.29, 1.82) is 0 Å². The zero-order chi connectivity index (χ0) is 20.1. The lowest BCUT2D eigenvalue weighted by Gasteiger charge is -2.57. The van der Waals surface area contributed by atoms with Crippen LogP contribution in [0, 0.1) is 5.41 Å². The number of piperidine rings is 1. The van der Waals surface area contributed by atoms with E-state index in [1.54, 1.807) is 0 Å². The number of hydrogen-bond donors (Lipinski definition) is 1. The average molecular weight is 383 g/mol. The van der Waals surface area contributed by atoms with Crippen molar-refractivity contribution in [2.75, 3.05) is 20.2 Å². The number of para-hydroxylation sites is 1. The van der Waals surface area contributed by atoms with E-state index in [-0.39, 0.29) is 11.5 Å². The zero-order valence-electron chi connectivity index (χ0n) is 16.9. The lowest BCUT2D eigenvalue weighted by molar-refractivity contribution is -0.194. The maximum Gasteiger partial charge on any atom is 0.359 e. The summed E-state index contributed by atoms with van der Waals surface area (Å²) in [4.78, 5) is 15.4. The molecule has 1 fully saturated rings. The number of rotatable bonds is 2. The number of esters is 1. The fraction of sp³-hybridized carbons (Fsp3) is 0.522. The first-order valence-electron chi connectivity index (χ1n) is 10.2. The number of methoxy groups -OCH3 is 1. The van der Waals surface area contributed by atoms with Crippen molar-refractivity contribution in [2.45, 2.75) is 50.8 Å². The molecule has 150 valence electrons. The average Bonchev–Trinajstić information content (AvgIpc) is 3.09. The summed E-state index contributed by atoms with van der Waals surface area (Å²) in [5.41, 5.74) is 1.69. The van der Waals surface area contributed by atoms with Crippen LogP contribution in [0.4, 0.5) is 0 Å². The van der Waals surface area contributed by atoms with Gasteiger partial charge in [0.05, 0.1) is 18.7 Å². The van der Waals surface area contributed by atoms with Crippen LogP contribution in [0.25, 0.3) is 10.9 Å².